The van der Waals surface area contributed by atoms with Gasteiger partial charge < -0.3 is 0 Å². The molecule has 2 radical (unpaired) electrons. The molecule has 0 heterocycles. The summed E-state index contributed by atoms with van der Waals surface area (Å²) >= 11 is 0. The first-order valence-electron chi connectivity index (χ1n) is 4.96. The largest absolute Gasteiger partial charge is 0.116 e. The Bertz CT molecular complexity index is 400. The van der Waals surface area contributed by atoms with E-state index < -0.39 is 0 Å². The Hall–Kier alpha value is -1.08. The second-order valence-electron chi connectivity index (χ2n) is 3.70. The Morgan fingerprint density at radius 2 is 2.07 bits per heavy atom. The molecule has 0 atom stereocenters. The van der Waals surface area contributed by atoms with E-state index in [1.165, 1.54) is 16.3 Å². The topological polar surface area (TPSA) is 0 Å². The zero-order valence-corrected chi connectivity index (χ0v) is 9.67. The first-order valence-corrected chi connectivity index (χ1v) is 5.96. The summed E-state index contributed by atoms with van der Waals surface area (Å²) in [5, 5.41) is 3.05. The summed E-state index contributed by atoms with van der Waals surface area (Å²) < 4.78 is 0. The lowest BCUT2D eigenvalue weighted by molar-refractivity contribution is 1.36. The molecule has 0 spiro atoms. The van der Waals surface area contributed by atoms with Gasteiger partial charge >= 0.3 is 0 Å². The highest BCUT2D eigenvalue weighted by atomic mass is 28.2. The summed E-state index contributed by atoms with van der Waals surface area (Å²) in [5.41, 5.74) is 2.86. The molecule has 0 fully saturated rings. The molecule has 14 heavy (non-hydrogen) atoms. The van der Waals surface area contributed by atoms with Crippen LogP contribution in [0.1, 0.15) is 17.5 Å². The summed E-state index contributed by atoms with van der Waals surface area (Å²) in [6, 6.07) is 6.60. The van der Waals surface area contributed by atoms with E-state index in [1.807, 2.05) is 0 Å². The van der Waals surface area contributed by atoms with Crippen LogP contribution in [0.3, 0.4) is 0 Å². The van der Waals surface area contributed by atoms with Crippen molar-refractivity contribution in [1.29, 1.82) is 0 Å². The monoisotopic (exact) mass is 198 g/mol. The van der Waals surface area contributed by atoms with Crippen LogP contribution in [-0.2, 0) is 0 Å². The quantitative estimate of drug-likeness (QED) is 0.640. The molecule has 0 saturated carbocycles. The summed E-state index contributed by atoms with van der Waals surface area (Å²) in [6.45, 7) is 4.41. The number of allylic oxidation sites excluding steroid dienone is 4. The van der Waals surface area contributed by atoms with Crippen molar-refractivity contribution < 1.29 is 0 Å². The zero-order chi connectivity index (χ0) is 9.97. The van der Waals surface area contributed by atoms with E-state index in [4.69, 9.17) is 0 Å². The van der Waals surface area contributed by atoms with Gasteiger partial charge in [0.15, 0.2) is 0 Å². The second kappa shape index (κ2) is 3.97. The minimum atomic E-state index is 0.852. The highest BCUT2D eigenvalue weighted by molar-refractivity contribution is 6.61. The fraction of sp³-hybridized carbons (Fsp3) is 0.231. The van der Waals surface area contributed by atoms with Crippen LogP contribution >= 0.6 is 0 Å². The molecule has 0 aliphatic heterocycles. The van der Waals surface area contributed by atoms with Crippen LogP contribution in [-0.4, -0.2) is 9.52 Å². The van der Waals surface area contributed by atoms with Gasteiger partial charge in [0.1, 0.15) is 9.52 Å². The van der Waals surface area contributed by atoms with Crippen molar-refractivity contribution in [3.8, 4) is 0 Å². The number of benzene rings is 1. The van der Waals surface area contributed by atoms with Gasteiger partial charge in [0.2, 0.25) is 0 Å². The van der Waals surface area contributed by atoms with Gasteiger partial charge in [0.25, 0.3) is 0 Å². The van der Waals surface area contributed by atoms with Crippen LogP contribution in [0.25, 0.3) is 0 Å². The predicted octanol–water partition coefficient (Wildman–Crippen LogP) is 2.48. The molecule has 0 aromatic heterocycles. The predicted molar refractivity (Wildman–Crippen MR) is 63.1 cm³/mol. The molecule has 1 aliphatic rings. The minimum absolute atomic E-state index is 0.852. The second-order valence-corrected chi connectivity index (χ2v) is 5.13. The van der Waals surface area contributed by atoms with Crippen LogP contribution in [0.4, 0.5) is 0 Å². The lowest BCUT2D eigenvalue weighted by Crippen LogP contribution is -2.19. The van der Waals surface area contributed by atoms with Crippen LogP contribution in [0.5, 0.6) is 0 Å². The SMILES string of the molecule is Cc1cccc([Si]C2=CC=CC2)c1C. The van der Waals surface area contributed by atoms with Gasteiger partial charge in [-0.2, -0.15) is 0 Å². The van der Waals surface area contributed by atoms with Crippen LogP contribution < -0.4 is 5.19 Å². The van der Waals surface area contributed by atoms with Crippen molar-refractivity contribution >= 4 is 14.7 Å². The number of rotatable bonds is 2. The van der Waals surface area contributed by atoms with Gasteiger partial charge in [-0.15, -0.1) is 0 Å². The summed E-state index contributed by atoms with van der Waals surface area (Å²) in [6.07, 6.45) is 7.78. The summed E-state index contributed by atoms with van der Waals surface area (Å²) in [7, 11) is 0.852. The van der Waals surface area contributed by atoms with Crippen molar-refractivity contribution in [2.24, 2.45) is 0 Å². The normalized spacial score (nSPS) is 14.6. The maximum atomic E-state index is 2.25. The smallest absolute Gasteiger partial charge is 0.0809 e. The van der Waals surface area contributed by atoms with E-state index in [0.29, 0.717) is 0 Å². The molecule has 0 amide bonds. The Kier molecular flexibility index (Phi) is 2.68. The van der Waals surface area contributed by atoms with Crippen molar-refractivity contribution in [2.75, 3.05) is 0 Å². The summed E-state index contributed by atoms with van der Waals surface area (Å²) in [4.78, 5) is 0. The van der Waals surface area contributed by atoms with Gasteiger partial charge in [-0.1, -0.05) is 46.8 Å². The Morgan fingerprint density at radius 1 is 1.21 bits per heavy atom. The molecular weight excluding hydrogens is 184 g/mol. The Labute approximate surface area is 88.2 Å². The van der Waals surface area contributed by atoms with Crippen LogP contribution in [0, 0.1) is 13.8 Å². The zero-order valence-electron chi connectivity index (χ0n) is 8.67. The van der Waals surface area contributed by atoms with Gasteiger partial charge in [0.05, 0.1) is 0 Å². The molecule has 0 saturated heterocycles. The number of hydrogen-bond donors (Lipinski definition) is 0. The molecule has 1 aromatic rings. The number of aryl methyl sites for hydroxylation is 1. The van der Waals surface area contributed by atoms with Crippen molar-refractivity contribution in [1.82, 2.24) is 0 Å². The summed E-state index contributed by atoms with van der Waals surface area (Å²) in [5.74, 6) is 0. The molecule has 0 unspecified atom stereocenters. The van der Waals surface area contributed by atoms with Gasteiger partial charge in [-0.25, -0.2) is 0 Å². The third-order valence-electron chi connectivity index (χ3n) is 2.67. The molecular formula is C13H14Si. The highest BCUT2D eigenvalue weighted by Crippen LogP contribution is 2.10. The lowest BCUT2D eigenvalue weighted by atomic mass is 10.1. The van der Waals surface area contributed by atoms with Gasteiger partial charge in [-0.05, 0) is 31.4 Å². The Morgan fingerprint density at radius 3 is 2.79 bits per heavy atom. The van der Waals surface area contributed by atoms with Gasteiger partial charge in [-0.3, -0.25) is 0 Å². The van der Waals surface area contributed by atoms with E-state index in [0.717, 1.165) is 15.9 Å². The maximum absolute atomic E-state index is 2.25. The van der Waals surface area contributed by atoms with Crippen LogP contribution in [0.15, 0.2) is 41.6 Å². The van der Waals surface area contributed by atoms with Crippen molar-refractivity contribution in [2.45, 2.75) is 20.3 Å². The van der Waals surface area contributed by atoms with E-state index in [-0.39, 0.29) is 0 Å². The molecule has 0 bridgehead atoms. The first-order chi connectivity index (χ1) is 6.77. The van der Waals surface area contributed by atoms with E-state index in [2.05, 4.69) is 50.3 Å². The molecule has 1 aliphatic carbocycles. The van der Waals surface area contributed by atoms with Crippen molar-refractivity contribution in [3.05, 3.63) is 52.8 Å². The average molecular weight is 198 g/mol. The highest BCUT2D eigenvalue weighted by Gasteiger charge is 2.06. The van der Waals surface area contributed by atoms with E-state index in [9.17, 15) is 0 Å². The molecule has 1 heteroatoms. The fourth-order valence-corrected chi connectivity index (χ4v) is 2.91. The molecule has 1 aromatic carbocycles. The maximum Gasteiger partial charge on any atom is 0.116 e. The molecule has 0 N–H and O–H groups in total. The first kappa shape index (κ1) is 9.47. The fourth-order valence-electron chi connectivity index (χ4n) is 1.60. The number of hydrogen-bond acceptors (Lipinski definition) is 0. The van der Waals surface area contributed by atoms with Crippen LogP contribution in [0.2, 0.25) is 0 Å². The van der Waals surface area contributed by atoms with E-state index in [1.54, 1.807) is 5.20 Å². The van der Waals surface area contributed by atoms with E-state index >= 15 is 0 Å². The Balaban J connectivity index is 2.21. The van der Waals surface area contributed by atoms with Gasteiger partial charge in [0, 0.05) is 0 Å². The standard InChI is InChI=1S/C13H14Si/c1-10-6-5-9-13(11(10)2)14-12-7-3-4-8-12/h3-7,9H,8H2,1-2H3. The average Bonchev–Trinajstić information content (AvgIpc) is 2.66. The molecule has 0 nitrogen and oxygen atoms in total. The third kappa shape index (κ3) is 1.88. The molecule has 70 valence electrons. The third-order valence-corrected chi connectivity index (χ3v) is 4.17. The minimum Gasteiger partial charge on any atom is -0.0809 e. The van der Waals surface area contributed by atoms with Crippen molar-refractivity contribution in [3.63, 3.8) is 0 Å². The molecule has 2 rings (SSSR count). The lowest BCUT2D eigenvalue weighted by Gasteiger charge is -2.07.